The molecule has 1 aromatic rings. The van der Waals surface area contributed by atoms with E-state index in [-0.39, 0.29) is 24.6 Å². The van der Waals surface area contributed by atoms with Crippen LogP contribution < -0.4 is 5.32 Å². The minimum Gasteiger partial charge on any atom is -0.310 e. The Hall–Kier alpha value is -2.02. The van der Waals surface area contributed by atoms with E-state index in [0.29, 0.717) is 18.7 Å². The van der Waals surface area contributed by atoms with Gasteiger partial charge >= 0.3 is 6.03 Å². The topological polar surface area (TPSA) is 52.6 Å². The number of nitrogens with zero attached hydrogens (tertiary/aromatic N) is 2. The molecule has 1 N–H and O–H groups in total. The van der Waals surface area contributed by atoms with E-state index in [0.717, 1.165) is 0 Å². The van der Waals surface area contributed by atoms with Crippen LogP contribution in [0.5, 0.6) is 0 Å². The fraction of sp³-hybridized carbons (Fsp3) is 0.429. The Morgan fingerprint density at radius 3 is 2.81 bits per heavy atom. The summed E-state index contributed by atoms with van der Waals surface area (Å²) in [6, 6.07) is 1.69. The minimum absolute atomic E-state index is 0.00758. The summed E-state index contributed by atoms with van der Waals surface area (Å²) in [4.78, 5) is 26.4. The lowest BCUT2D eigenvalue weighted by Gasteiger charge is -2.35. The molecule has 3 amide bonds. The minimum atomic E-state index is -0.590. The summed E-state index contributed by atoms with van der Waals surface area (Å²) in [5, 5.41) is 2.25. The van der Waals surface area contributed by atoms with Gasteiger partial charge in [-0.1, -0.05) is 6.07 Å². The highest BCUT2D eigenvalue weighted by Crippen LogP contribution is 2.21. The van der Waals surface area contributed by atoms with Gasteiger partial charge in [-0.15, -0.1) is 0 Å². The van der Waals surface area contributed by atoms with E-state index in [9.17, 15) is 18.4 Å². The van der Waals surface area contributed by atoms with E-state index in [4.69, 9.17) is 0 Å². The number of nitrogens with one attached hydrogen (secondary N) is 1. The van der Waals surface area contributed by atoms with E-state index in [1.165, 1.54) is 17.0 Å². The number of urea groups is 1. The second-order valence-corrected chi connectivity index (χ2v) is 5.40. The lowest BCUT2D eigenvalue weighted by molar-refractivity contribution is -0.122. The lowest BCUT2D eigenvalue weighted by atomic mass is 10.1. The number of carbonyl (C=O) groups excluding carboxylic acids is 2. The molecule has 1 aromatic carbocycles. The molecule has 21 heavy (non-hydrogen) atoms. The van der Waals surface area contributed by atoms with E-state index in [2.05, 4.69) is 5.32 Å². The van der Waals surface area contributed by atoms with Crippen molar-refractivity contribution in [1.82, 2.24) is 15.1 Å². The average Bonchev–Trinajstić information content (AvgIpc) is 2.74. The highest BCUT2D eigenvalue weighted by molar-refractivity contribution is 6.04. The summed E-state index contributed by atoms with van der Waals surface area (Å²) in [6.07, 6.45) is 0. The molecule has 112 valence electrons. The SMILES string of the molecule is Cc1ccc(F)c(CN2CCN3C(=O)NC(=O)C3C2)c1F. The van der Waals surface area contributed by atoms with Gasteiger partial charge in [0.25, 0.3) is 5.91 Å². The van der Waals surface area contributed by atoms with Gasteiger partial charge in [-0.3, -0.25) is 15.0 Å². The van der Waals surface area contributed by atoms with E-state index >= 15 is 0 Å². The van der Waals surface area contributed by atoms with Crippen LogP contribution in [0.2, 0.25) is 0 Å². The maximum absolute atomic E-state index is 14.0. The molecule has 0 aromatic heterocycles. The van der Waals surface area contributed by atoms with Crippen molar-refractivity contribution in [1.29, 1.82) is 0 Å². The Bertz CT molecular complexity index is 620. The number of halogens is 2. The average molecular weight is 295 g/mol. The maximum Gasteiger partial charge on any atom is 0.324 e. The fourth-order valence-corrected chi connectivity index (χ4v) is 2.79. The Labute approximate surface area is 120 Å². The third kappa shape index (κ3) is 2.37. The molecule has 0 bridgehead atoms. The molecule has 0 spiro atoms. The second kappa shape index (κ2) is 5.07. The number of amides is 3. The molecular formula is C14H15F2N3O2. The predicted molar refractivity (Wildman–Crippen MR) is 70.4 cm³/mol. The normalized spacial score (nSPS) is 22.4. The molecule has 0 aliphatic carbocycles. The first-order chi connectivity index (χ1) is 9.97. The molecule has 3 rings (SSSR count). The zero-order chi connectivity index (χ0) is 15.1. The maximum atomic E-state index is 14.0. The van der Waals surface area contributed by atoms with Gasteiger partial charge in [0.15, 0.2) is 0 Å². The monoisotopic (exact) mass is 295 g/mol. The van der Waals surface area contributed by atoms with Crippen LogP contribution >= 0.6 is 0 Å². The van der Waals surface area contributed by atoms with Crippen LogP contribution in [0.1, 0.15) is 11.1 Å². The quantitative estimate of drug-likeness (QED) is 0.829. The van der Waals surface area contributed by atoms with Crippen molar-refractivity contribution in [3.8, 4) is 0 Å². The summed E-state index contributed by atoms with van der Waals surface area (Å²) < 4.78 is 27.8. The third-order valence-electron chi connectivity index (χ3n) is 4.02. The Morgan fingerprint density at radius 2 is 2.05 bits per heavy atom. The highest BCUT2D eigenvalue weighted by Gasteiger charge is 2.42. The van der Waals surface area contributed by atoms with Crippen molar-refractivity contribution in [2.45, 2.75) is 19.5 Å². The fourth-order valence-electron chi connectivity index (χ4n) is 2.79. The number of fused-ring (bicyclic) bond motifs is 1. The van der Waals surface area contributed by atoms with Crippen LogP contribution in [0.15, 0.2) is 12.1 Å². The number of rotatable bonds is 2. The molecule has 0 saturated carbocycles. The van der Waals surface area contributed by atoms with E-state index in [1.54, 1.807) is 11.8 Å². The summed E-state index contributed by atoms with van der Waals surface area (Å²) in [7, 11) is 0. The summed E-state index contributed by atoms with van der Waals surface area (Å²) in [5.74, 6) is -1.49. The van der Waals surface area contributed by atoms with Crippen molar-refractivity contribution in [3.05, 3.63) is 34.9 Å². The molecule has 7 heteroatoms. The van der Waals surface area contributed by atoms with Gasteiger partial charge in [0, 0.05) is 31.7 Å². The molecule has 0 radical (unpaired) electrons. The molecule has 5 nitrogen and oxygen atoms in total. The van der Waals surface area contributed by atoms with Crippen LogP contribution in [-0.2, 0) is 11.3 Å². The smallest absolute Gasteiger partial charge is 0.310 e. The number of hydrogen-bond acceptors (Lipinski definition) is 3. The van der Waals surface area contributed by atoms with Gasteiger partial charge < -0.3 is 4.90 Å². The highest BCUT2D eigenvalue weighted by atomic mass is 19.1. The Morgan fingerprint density at radius 1 is 1.29 bits per heavy atom. The third-order valence-corrected chi connectivity index (χ3v) is 4.02. The van der Waals surface area contributed by atoms with Gasteiger partial charge in [0.1, 0.15) is 17.7 Å². The first-order valence-corrected chi connectivity index (χ1v) is 6.74. The zero-order valence-corrected chi connectivity index (χ0v) is 11.5. The van der Waals surface area contributed by atoms with Gasteiger partial charge in [-0.05, 0) is 18.6 Å². The standard InChI is InChI=1S/C14H15F2N3O2/c1-8-2-3-10(15)9(12(8)16)6-18-4-5-19-11(7-18)13(20)17-14(19)21/h2-3,11H,4-7H2,1H3,(H,17,20,21). The summed E-state index contributed by atoms with van der Waals surface area (Å²) in [6.45, 7) is 2.80. The van der Waals surface area contributed by atoms with Crippen LogP contribution in [0.25, 0.3) is 0 Å². The van der Waals surface area contributed by atoms with Crippen molar-refractivity contribution in [2.24, 2.45) is 0 Å². The van der Waals surface area contributed by atoms with Crippen molar-refractivity contribution in [2.75, 3.05) is 19.6 Å². The molecule has 1 unspecified atom stereocenters. The Kier molecular flexibility index (Phi) is 3.36. The molecular weight excluding hydrogens is 280 g/mol. The number of hydrogen-bond donors (Lipinski definition) is 1. The lowest BCUT2D eigenvalue weighted by Crippen LogP contribution is -2.52. The molecule has 2 aliphatic heterocycles. The van der Waals surface area contributed by atoms with E-state index < -0.39 is 23.7 Å². The first-order valence-electron chi connectivity index (χ1n) is 6.74. The van der Waals surface area contributed by atoms with Crippen LogP contribution in [0.3, 0.4) is 0 Å². The second-order valence-electron chi connectivity index (χ2n) is 5.40. The number of aryl methyl sites for hydroxylation is 1. The first kappa shape index (κ1) is 13.9. The van der Waals surface area contributed by atoms with Crippen LogP contribution in [0, 0.1) is 18.6 Å². The number of benzene rings is 1. The summed E-state index contributed by atoms with van der Waals surface area (Å²) >= 11 is 0. The predicted octanol–water partition coefficient (Wildman–Crippen LogP) is 1.01. The number of piperazine rings is 1. The molecule has 2 fully saturated rings. The van der Waals surface area contributed by atoms with Gasteiger partial charge in [-0.2, -0.15) is 0 Å². The summed E-state index contributed by atoms with van der Waals surface area (Å²) in [5.41, 5.74) is 0.395. The van der Waals surface area contributed by atoms with E-state index in [1.807, 2.05) is 0 Å². The molecule has 2 heterocycles. The van der Waals surface area contributed by atoms with Gasteiger partial charge in [0.2, 0.25) is 0 Å². The van der Waals surface area contributed by atoms with Gasteiger partial charge in [0.05, 0.1) is 0 Å². The molecule has 2 aliphatic rings. The van der Waals surface area contributed by atoms with Crippen molar-refractivity contribution in [3.63, 3.8) is 0 Å². The largest absolute Gasteiger partial charge is 0.324 e. The number of carbonyl (C=O) groups is 2. The van der Waals surface area contributed by atoms with Gasteiger partial charge in [-0.25, -0.2) is 13.6 Å². The van der Waals surface area contributed by atoms with Crippen LogP contribution in [0.4, 0.5) is 13.6 Å². The van der Waals surface area contributed by atoms with Crippen molar-refractivity contribution < 1.29 is 18.4 Å². The molecule has 1 atom stereocenters. The molecule has 2 saturated heterocycles. The number of imide groups is 1. The van der Waals surface area contributed by atoms with Crippen molar-refractivity contribution >= 4 is 11.9 Å². The Balaban J connectivity index is 1.77. The van der Waals surface area contributed by atoms with Crippen LogP contribution in [-0.4, -0.2) is 47.4 Å². The zero-order valence-electron chi connectivity index (χ0n) is 11.5.